The van der Waals surface area contributed by atoms with E-state index in [4.69, 9.17) is 18.0 Å². The number of benzene rings is 2. The van der Waals surface area contributed by atoms with E-state index in [0.717, 1.165) is 12.1 Å². The molecule has 4 nitrogen and oxygen atoms in total. The van der Waals surface area contributed by atoms with E-state index in [2.05, 4.69) is 4.72 Å². The molecule has 2 aromatic carbocycles. The summed E-state index contributed by atoms with van der Waals surface area (Å²) in [5, 5.41) is 0. The highest BCUT2D eigenvalue weighted by Crippen LogP contribution is 2.19. The highest BCUT2D eigenvalue weighted by Gasteiger charge is 2.16. The molecule has 0 atom stereocenters. The quantitative estimate of drug-likeness (QED) is 0.846. The van der Waals surface area contributed by atoms with Gasteiger partial charge < -0.3 is 5.73 Å². The van der Waals surface area contributed by atoms with Crippen molar-refractivity contribution >= 4 is 32.9 Å². The number of thiocarbonyl (C=S) groups is 1. The van der Waals surface area contributed by atoms with Gasteiger partial charge in [0.15, 0.2) is 0 Å². The lowest BCUT2D eigenvalue weighted by atomic mass is 10.2. The standard InChI is InChI=1S/C13H10F2N2O2S2/c14-9-5-10(15)7-11(6-9)17-21(18,19)12-3-1-2-8(4-12)13(16)20/h1-7,17H,(H2,16,20). The summed E-state index contributed by atoms with van der Waals surface area (Å²) < 4.78 is 52.5. The smallest absolute Gasteiger partial charge is 0.261 e. The molecule has 0 aromatic heterocycles. The highest BCUT2D eigenvalue weighted by molar-refractivity contribution is 7.92. The van der Waals surface area contributed by atoms with Crippen LogP contribution in [0.1, 0.15) is 5.56 Å². The molecule has 0 heterocycles. The summed E-state index contributed by atoms with van der Waals surface area (Å²) in [4.78, 5) is -0.0682. The summed E-state index contributed by atoms with van der Waals surface area (Å²) in [5.41, 5.74) is 5.59. The van der Waals surface area contributed by atoms with Gasteiger partial charge in [-0.3, -0.25) is 4.72 Å². The average molecular weight is 328 g/mol. The van der Waals surface area contributed by atoms with Crippen LogP contribution in [-0.2, 0) is 10.0 Å². The third-order valence-electron chi connectivity index (χ3n) is 2.54. The largest absolute Gasteiger partial charge is 0.389 e. The normalized spacial score (nSPS) is 11.1. The molecule has 0 saturated heterocycles. The van der Waals surface area contributed by atoms with Crippen molar-refractivity contribution in [3.63, 3.8) is 0 Å². The number of nitrogens with two attached hydrogens (primary N) is 1. The van der Waals surface area contributed by atoms with Crippen LogP contribution in [0.25, 0.3) is 0 Å². The van der Waals surface area contributed by atoms with Crippen molar-refractivity contribution in [3.05, 3.63) is 59.7 Å². The number of hydrogen-bond donors (Lipinski definition) is 2. The Hall–Kier alpha value is -2.06. The molecular weight excluding hydrogens is 318 g/mol. The monoisotopic (exact) mass is 328 g/mol. The maximum atomic E-state index is 13.1. The van der Waals surface area contributed by atoms with Gasteiger partial charge >= 0.3 is 0 Å². The van der Waals surface area contributed by atoms with Gasteiger partial charge in [0, 0.05) is 11.6 Å². The molecule has 0 amide bonds. The van der Waals surface area contributed by atoms with E-state index in [0.29, 0.717) is 11.6 Å². The van der Waals surface area contributed by atoms with Crippen LogP contribution in [0.2, 0.25) is 0 Å². The van der Waals surface area contributed by atoms with Gasteiger partial charge in [-0.15, -0.1) is 0 Å². The van der Waals surface area contributed by atoms with Crippen molar-refractivity contribution in [2.24, 2.45) is 5.73 Å². The first-order chi connectivity index (χ1) is 9.78. The van der Waals surface area contributed by atoms with Crippen molar-refractivity contribution in [2.75, 3.05) is 4.72 Å². The maximum Gasteiger partial charge on any atom is 0.261 e. The van der Waals surface area contributed by atoms with E-state index in [1.807, 2.05) is 0 Å². The Morgan fingerprint density at radius 1 is 1.10 bits per heavy atom. The summed E-state index contributed by atoms with van der Waals surface area (Å²) in [7, 11) is -4.00. The number of rotatable bonds is 4. The van der Waals surface area contributed by atoms with Crippen LogP contribution < -0.4 is 10.5 Å². The zero-order valence-corrected chi connectivity index (χ0v) is 12.1. The maximum absolute atomic E-state index is 13.1. The molecule has 0 fully saturated rings. The van der Waals surface area contributed by atoms with E-state index < -0.39 is 21.7 Å². The van der Waals surface area contributed by atoms with E-state index in [9.17, 15) is 17.2 Å². The summed E-state index contributed by atoms with van der Waals surface area (Å²) in [6.07, 6.45) is 0. The SMILES string of the molecule is NC(=S)c1cccc(S(=O)(=O)Nc2cc(F)cc(F)c2)c1. The lowest BCUT2D eigenvalue weighted by Crippen LogP contribution is -2.15. The zero-order chi connectivity index (χ0) is 15.6. The molecule has 0 radical (unpaired) electrons. The van der Waals surface area contributed by atoms with Crippen molar-refractivity contribution in [2.45, 2.75) is 4.90 Å². The van der Waals surface area contributed by atoms with Gasteiger partial charge in [0.2, 0.25) is 0 Å². The van der Waals surface area contributed by atoms with Gasteiger partial charge in [-0.05, 0) is 24.3 Å². The number of hydrogen-bond acceptors (Lipinski definition) is 3. The average Bonchev–Trinajstić information content (AvgIpc) is 2.37. The molecule has 0 saturated carbocycles. The Kier molecular flexibility index (Phi) is 4.19. The molecule has 0 aliphatic heterocycles. The Morgan fingerprint density at radius 3 is 2.29 bits per heavy atom. The van der Waals surface area contributed by atoms with Gasteiger partial charge in [0.05, 0.1) is 10.6 Å². The topological polar surface area (TPSA) is 72.2 Å². The second-order valence-corrected chi connectivity index (χ2v) is 6.28. The van der Waals surface area contributed by atoms with Crippen LogP contribution in [0.15, 0.2) is 47.4 Å². The molecule has 0 bridgehead atoms. The lowest BCUT2D eigenvalue weighted by Gasteiger charge is -2.09. The van der Waals surface area contributed by atoms with Crippen LogP contribution in [0, 0.1) is 11.6 Å². The summed E-state index contributed by atoms with van der Waals surface area (Å²) in [6, 6.07) is 8.01. The molecule has 110 valence electrons. The molecule has 2 rings (SSSR count). The van der Waals surface area contributed by atoms with Crippen LogP contribution in [0.4, 0.5) is 14.5 Å². The summed E-state index contributed by atoms with van der Waals surface area (Å²) >= 11 is 4.77. The minimum atomic E-state index is -4.00. The second-order valence-electron chi connectivity index (χ2n) is 4.16. The van der Waals surface area contributed by atoms with E-state index >= 15 is 0 Å². The van der Waals surface area contributed by atoms with Crippen LogP contribution in [0.3, 0.4) is 0 Å². The molecule has 8 heteroatoms. The van der Waals surface area contributed by atoms with Crippen LogP contribution in [0.5, 0.6) is 0 Å². The number of nitrogens with one attached hydrogen (secondary N) is 1. The molecule has 3 N–H and O–H groups in total. The van der Waals surface area contributed by atoms with Crippen molar-refractivity contribution in [3.8, 4) is 0 Å². The molecule has 0 unspecified atom stereocenters. The molecule has 0 spiro atoms. The molecule has 0 aliphatic carbocycles. The first kappa shape index (κ1) is 15.3. The Bertz CT molecular complexity index is 787. The summed E-state index contributed by atoms with van der Waals surface area (Å²) in [6.45, 7) is 0. The third kappa shape index (κ3) is 3.73. The molecule has 2 aromatic rings. The van der Waals surface area contributed by atoms with Crippen LogP contribution in [-0.4, -0.2) is 13.4 Å². The fourth-order valence-electron chi connectivity index (χ4n) is 1.64. The lowest BCUT2D eigenvalue weighted by molar-refractivity contribution is 0.584. The van der Waals surface area contributed by atoms with Gasteiger partial charge in [-0.25, -0.2) is 17.2 Å². The van der Waals surface area contributed by atoms with Crippen molar-refractivity contribution < 1.29 is 17.2 Å². The molecular formula is C13H10F2N2O2S2. The van der Waals surface area contributed by atoms with Crippen LogP contribution >= 0.6 is 12.2 Å². The van der Waals surface area contributed by atoms with Gasteiger partial charge in [0.1, 0.15) is 16.6 Å². The minimum absolute atomic E-state index is 0.0452. The number of anilines is 1. The fourth-order valence-corrected chi connectivity index (χ4v) is 2.86. The Morgan fingerprint density at radius 2 is 1.71 bits per heavy atom. The van der Waals surface area contributed by atoms with Gasteiger partial charge in [-0.1, -0.05) is 24.4 Å². The van der Waals surface area contributed by atoms with E-state index in [1.54, 1.807) is 6.07 Å². The number of halogens is 2. The van der Waals surface area contributed by atoms with E-state index in [1.165, 1.54) is 18.2 Å². The first-order valence-electron chi connectivity index (χ1n) is 5.67. The Balaban J connectivity index is 2.38. The fraction of sp³-hybridized carbons (Fsp3) is 0. The highest BCUT2D eigenvalue weighted by atomic mass is 32.2. The number of sulfonamides is 1. The Labute approximate surface area is 125 Å². The third-order valence-corrected chi connectivity index (χ3v) is 4.16. The zero-order valence-electron chi connectivity index (χ0n) is 10.5. The van der Waals surface area contributed by atoms with E-state index in [-0.39, 0.29) is 15.6 Å². The van der Waals surface area contributed by atoms with Gasteiger partial charge in [-0.2, -0.15) is 0 Å². The van der Waals surface area contributed by atoms with Crippen molar-refractivity contribution in [1.29, 1.82) is 0 Å². The second kappa shape index (κ2) is 5.74. The minimum Gasteiger partial charge on any atom is -0.389 e. The van der Waals surface area contributed by atoms with Crippen molar-refractivity contribution in [1.82, 2.24) is 0 Å². The van der Waals surface area contributed by atoms with Gasteiger partial charge in [0.25, 0.3) is 10.0 Å². The first-order valence-corrected chi connectivity index (χ1v) is 7.56. The predicted molar refractivity (Wildman–Crippen MR) is 79.5 cm³/mol. The summed E-state index contributed by atoms with van der Waals surface area (Å²) in [5.74, 6) is -1.77. The molecule has 21 heavy (non-hydrogen) atoms. The molecule has 0 aliphatic rings. The predicted octanol–water partition coefficient (Wildman–Crippen LogP) is 2.40.